The second-order valence-corrected chi connectivity index (χ2v) is 7.84. The number of benzene rings is 2. The van der Waals surface area contributed by atoms with Gasteiger partial charge >= 0.3 is 0 Å². The second kappa shape index (κ2) is 7.89. The van der Waals surface area contributed by atoms with Crippen molar-refractivity contribution in [1.82, 2.24) is 4.72 Å². The van der Waals surface area contributed by atoms with Crippen molar-refractivity contribution in [3.63, 3.8) is 0 Å². The van der Waals surface area contributed by atoms with Gasteiger partial charge in [-0.25, -0.2) is 13.1 Å². The molecule has 0 aliphatic rings. The highest BCUT2D eigenvalue weighted by Gasteiger charge is 2.21. The van der Waals surface area contributed by atoms with Gasteiger partial charge in [-0.2, -0.15) is 0 Å². The number of aryl methyl sites for hydroxylation is 1. The number of hydrogen-bond acceptors (Lipinski definition) is 4. The zero-order valence-corrected chi connectivity index (χ0v) is 16.1. The molecule has 0 aliphatic heterocycles. The molecule has 0 saturated carbocycles. The van der Waals surface area contributed by atoms with Gasteiger partial charge in [0.05, 0.1) is 18.0 Å². The van der Waals surface area contributed by atoms with Crippen LogP contribution < -0.4 is 14.2 Å². The Morgan fingerprint density at radius 1 is 1.00 bits per heavy atom. The molecule has 0 saturated heterocycles. The van der Waals surface area contributed by atoms with Crippen molar-refractivity contribution in [3.8, 4) is 11.5 Å². The molecule has 1 atom stereocenters. The van der Waals surface area contributed by atoms with Crippen molar-refractivity contribution in [2.24, 2.45) is 0 Å². The first-order chi connectivity index (χ1) is 11.7. The zero-order chi connectivity index (χ0) is 18.6. The number of nitrogens with one attached hydrogen (secondary N) is 1. The highest BCUT2D eigenvalue weighted by Crippen LogP contribution is 2.26. The topological polar surface area (TPSA) is 64.6 Å². The van der Waals surface area contributed by atoms with E-state index in [0.717, 1.165) is 11.1 Å². The minimum absolute atomic E-state index is 0.247. The number of methoxy groups -OCH3 is 1. The molecule has 25 heavy (non-hydrogen) atoms. The summed E-state index contributed by atoms with van der Waals surface area (Å²) in [6, 6.07) is 10.5. The number of sulfonamides is 1. The average Bonchev–Trinajstić information content (AvgIpc) is 2.56. The second-order valence-electron chi connectivity index (χ2n) is 6.16. The molecular formula is C19H25NO4S. The maximum absolute atomic E-state index is 12.7. The molecule has 6 heteroatoms. The highest BCUT2D eigenvalue weighted by molar-refractivity contribution is 7.89. The van der Waals surface area contributed by atoms with E-state index >= 15 is 0 Å². The summed E-state index contributed by atoms with van der Waals surface area (Å²) in [5.41, 5.74) is 2.64. The minimum Gasteiger partial charge on any atom is -0.496 e. The van der Waals surface area contributed by atoms with Crippen molar-refractivity contribution in [1.29, 1.82) is 0 Å². The van der Waals surface area contributed by atoms with Gasteiger partial charge < -0.3 is 9.47 Å². The summed E-state index contributed by atoms with van der Waals surface area (Å²) in [6.45, 7) is 7.64. The molecule has 0 heterocycles. The number of ether oxygens (including phenoxy) is 2. The molecule has 0 spiro atoms. The summed E-state index contributed by atoms with van der Waals surface area (Å²) < 4.78 is 38.9. The lowest BCUT2D eigenvalue weighted by atomic mass is 10.1. The fraction of sp³-hybridized carbons (Fsp3) is 0.368. The summed E-state index contributed by atoms with van der Waals surface area (Å²) >= 11 is 0. The third-order valence-corrected chi connectivity index (χ3v) is 5.81. The quantitative estimate of drug-likeness (QED) is 0.819. The van der Waals surface area contributed by atoms with Gasteiger partial charge in [0.1, 0.15) is 18.1 Å². The fourth-order valence-corrected chi connectivity index (χ4v) is 4.03. The number of rotatable bonds is 7. The maximum Gasteiger partial charge on any atom is 0.241 e. The van der Waals surface area contributed by atoms with Gasteiger partial charge in [0.15, 0.2) is 0 Å². The highest BCUT2D eigenvalue weighted by atomic mass is 32.2. The van der Waals surface area contributed by atoms with Crippen molar-refractivity contribution in [3.05, 3.63) is 53.1 Å². The van der Waals surface area contributed by atoms with Crippen LogP contribution in [0.2, 0.25) is 0 Å². The molecule has 2 aromatic carbocycles. The fourth-order valence-electron chi connectivity index (χ4n) is 2.50. The van der Waals surface area contributed by atoms with Crippen molar-refractivity contribution >= 4 is 10.0 Å². The Morgan fingerprint density at radius 3 is 2.24 bits per heavy atom. The van der Waals surface area contributed by atoms with Crippen LogP contribution in [0.5, 0.6) is 11.5 Å². The first kappa shape index (κ1) is 19.3. The Hall–Kier alpha value is -2.05. The van der Waals surface area contributed by atoms with Gasteiger partial charge in [0, 0.05) is 0 Å². The minimum atomic E-state index is -3.63. The lowest BCUT2D eigenvalue weighted by Crippen LogP contribution is -2.37. The van der Waals surface area contributed by atoms with Crippen LogP contribution in [-0.4, -0.2) is 28.2 Å². The average molecular weight is 363 g/mol. The van der Waals surface area contributed by atoms with E-state index in [9.17, 15) is 8.42 Å². The molecule has 0 bridgehead atoms. The summed E-state index contributed by atoms with van der Waals surface area (Å²) in [5.74, 6) is 1.39. The van der Waals surface area contributed by atoms with E-state index in [4.69, 9.17) is 9.47 Å². The van der Waals surface area contributed by atoms with E-state index in [1.54, 1.807) is 33.1 Å². The van der Waals surface area contributed by atoms with Crippen molar-refractivity contribution in [2.75, 3.05) is 13.7 Å². The van der Waals surface area contributed by atoms with Gasteiger partial charge in [0.25, 0.3) is 0 Å². The Labute approximate surface area is 150 Å². The van der Waals surface area contributed by atoms with Gasteiger partial charge in [-0.3, -0.25) is 0 Å². The molecule has 0 radical (unpaired) electrons. The largest absolute Gasteiger partial charge is 0.496 e. The van der Waals surface area contributed by atoms with Crippen molar-refractivity contribution < 1.29 is 17.9 Å². The summed E-state index contributed by atoms with van der Waals surface area (Å²) in [7, 11) is -2.07. The van der Waals surface area contributed by atoms with Crippen molar-refractivity contribution in [2.45, 2.75) is 38.6 Å². The Morgan fingerprint density at radius 2 is 1.64 bits per heavy atom. The van der Waals surface area contributed by atoms with Crippen LogP contribution >= 0.6 is 0 Å². The Kier molecular flexibility index (Phi) is 6.08. The van der Waals surface area contributed by atoms with Gasteiger partial charge in [-0.15, -0.1) is 0 Å². The van der Waals surface area contributed by atoms with E-state index in [2.05, 4.69) is 4.72 Å². The third kappa shape index (κ3) is 4.74. The normalized spacial score (nSPS) is 12.7. The molecule has 0 amide bonds. The molecule has 0 fully saturated rings. The van der Waals surface area contributed by atoms with Crippen LogP contribution in [0.3, 0.4) is 0 Å². The van der Waals surface area contributed by atoms with Crippen LogP contribution in [0.1, 0.15) is 23.6 Å². The molecule has 2 rings (SSSR count). The van der Waals surface area contributed by atoms with Crippen LogP contribution in [0.15, 0.2) is 41.3 Å². The van der Waals surface area contributed by atoms with Crippen LogP contribution in [-0.2, 0) is 10.0 Å². The van der Waals surface area contributed by atoms with Gasteiger partial charge in [0.2, 0.25) is 10.0 Å². The van der Waals surface area contributed by atoms with E-state index in [-0.39, 0.29) is 17.5 Å². The predicted molar refractivity (Wildman–Crippen MR) is 98.9 cm³/mol. The lowest BCUT2D eigenvalue weighted by Gasteiger charge is -2.18. The molecule has 0 aromatic heterocycles. The molecule has 136 valence electrons. The van der Waals surface area contributed by atoms with E-state index in [1.807, 2.05) is 38.1 Å². The summed E-state index contributed by atoms with van der Waals surface area (Å²) in [4.78, 5) is 0.257. The van der Waals surface area contributed by atoms with Crippen LogP contribution in [0.4, 0.5) is 0 Å². The molecule has 5 nitrogen and oxygen atoms in total. The first-order valence-corrected chi connectivity index (χ1v) is 9.59. The summed E-state index contributed by atoms with van der Waals surface area (Å²) in [5, 5.41) is 0. The molecule has 0 unspecified atom stereocenters. The molecule has 1 N–H and O–H groups in total. The van der Waals surface area contributed by atoms with Gasteiger partial charge in [-0.05, 0) is 63.1 Å². The number of hydrogen-bond donors (Lipinski definition) is 1. The molecular weight excluding hydrogens is 338 g/mol. The molecule has 2 aromatic rings. The maximum atomic E-state index is 12.7. The third-order valence-electron chi connectivity index (χ3n) is 4.07. The van der Waals surface area contributed by atoms with E-state index < -0.39 is 10.0 Å². The predicted octanol–water partition coefficient (Wildman–Crippen LogP) is 3.37. The zero-order valence-electron chi connectivity index (χ0n) is 15.3. The van der Waals surface area contributed by atoms with Crippen LogP contribution in [0.25, 0.3) is 0 Å². The lowest BCUT2D eigenvalue weighted by molar-refractivity contribution is 0.287. The molecule has 0 aliphatic carbocycles. The van der Waals surface area contributed by atoms with E-state index in [0.29, 0.717) is 17.1 Å². The monoisotopic (exact) mass is 363 g/mol. The Balaban J connectivity index is 2.07. The first-order valence-electron chi connectivity index (χ1n) is 8.10. The van der Waals surface area contributed by atoms with Gasteiger partial charge in [-0.1, -0.05) is 17.7 Å². The summed E-state index contributed by atoms with van der Waals surface area (Å²) in [6.07, 6.45) is 0. The standard InChI is InChI=1S/C19H25NO4S/c1-13-6-8-17(9-7-13)24-12-14(2)20-25(21,22)19-11-10-18(23-5)15(3)16(19)4/h6-11,14,20H,12H2,1-5H3/t14-/m1/s1. The SMILES string of the molecule is COc1ccc(S(=O)(=O)N[C@H](C)COc2ccc(C)cc2)c(C)c1C. The smallest absolute Gasteiger partial charge is 0.241 e. The van der Waals surface area contributed by atoms with E-state index in [1.165, 1.54) is 0 Å². The van der Waals surface area contributed by atoms with Crippen LogP contribution in [0, 0.1) is 20.8 Å². The Bertz CT molecular complexity index is 829.